The number of ether oxygens (including phenoxy) is 1. The molecule has 0 N–H and O–H groups in total. The van der Waals surface area contributed by atoms with E-state index in [0.29, 0.717) is 6.07 Å². The van der Waals surface area contributed by atoms with Crippen LogP contribution in [0.2, 0.25) is 0 Å². The van der Waals surface area contributed by atoms with Crippen molar-refractivity contribution in [1.29, 1.82) is 5.26 Å². The van der Waals surface area contributed by atoms with Crippen LogP contribution >= 0.6 is 0 Å². The number of pyridine rings is 1. The quantitative estimate of drug-likeness (QED) is 0.699. The number of halogens is 3. The Morgan fingerprint density at radius 3 is 2.57 bits per heavy atom. The first-order valence-corrected chi connectivity index (χ1v) is 3.50. The van der Waals surface area contributed by atoms with Crippen molar-refractivity contribution in [2.75, 3.05) is 7.11 Å². The zero-order valence-corrected chi connectivity index (χ0v) is 7.09. The summed E-state index contributed by atoms with van der Waals surface area (Å²) in [5, 5.41) is 8.49. The second-order valence-corrected chi connectivity index (χ2v) is 2.38. The molecule has 0 amide bonds. The van der Waals surface area contributed by atoms with E-state index in [-0.39, 0.29) is 11.3 Å². The fourth-order valence-corrected chi connectivity index (χ4v) is 0.845. The van der Waals surface area contributed by atoms with Crippen LogP contribution in [0.4, 0.5) is 13.2 Å². The minimum atomic E-state index is -4.53. The smallest absolute Gasteiger partial charge is 0.433 e. The fourth-order valence-electron chi connectivity index (χ4n) is 0.845. The minimum absolute atomic E-state index is 0.0273. The van der Waals surface area contributed by atoms with Crippen LogP contribution < -0.4 is 4.74 Å². The number of methoxy groups -OCH3 is 1. The SMILES string of the molecule is COc1cc(C(F)(F)F)ncc1C#N. The van der Waals surface area contributed by atoms with E-state index in [1.54, 1.807) is 6.07 Å². The van der Waals surface area contributed by atoms with E-state index in [0.717, 1.165) is 6.20 Å². The Balaban J connectivity index is 3.23. The van der Waals surface area contributed by atoms with Crippen LogP contribution in [-0.2, 0) is 6.18 Å². The van der Waals surface area contributed by atoms with Crippen LogP contribution in [-0.4, -0.2) is 12.1 Å². The number of hydrogen-bond donors (Lipinski definition) is 0. The van der Waals surface area contributed by atoms with Gasteiger partial charge in [0.2, 0.25) is 0 Å². The molecule has 0 saturated heterocycles. The molecule has 0 saturated carbocycles. The van der Waals surface area contributed by atoms with Crippen molar-refractivity contribution in [3.63, 3.8) is 0 Å². The van der Waals surface area contributed by atoms with Gasteiger partial charge < -0.3 is 4.74 Å². The van der Waals surface area contributed by atoms with E-state index in [2.05, 4.69) is 9.72 Å². The second-order valence-electron chi connectivity index (χ2n) is 2.38. The average molecular weight is 202 g/mol. The molecule has 1 rings (SSSR count). The summed E-state index contributed by atoms with van der Waals surface area (Å²) in [5.74, 6) is -0.130. The molecule has 0 aliphatic rings. The van der Waals surface area contributed by atoms with Gasteiger partial charge in [0.1, 0.15) is 23.1 Å². The Morgan fingerprint density at radius 2 is 2.14 bits per heavy atom. The molecule has 0 aromatic carbocycles. The van der Waals surface area contributed by atoms with Gasteiger partial charge in [-0.2, -0.15) is 18.4 Å². The van der Waals surface area contributed by atoms with E-state index in [1.165, 1.54) is 7.11 Å². The van der Waals surface area contributed by atoms with Crippen molar-refractivity contribution in [3.8, 4) is 11.8 Å². The monoisotopic (exact) mass is 202 g/mol. The minimum Gasteiger partial charge on any atom is -0.495 e. The average Bonchev–Trinajstić information content (AvgIpc) is 2.15. The second kappa shape index (κ2) is 3.54. The molecule has 0 radical (unpaired) electrons. The lowest BCUT2D eigenvalue weighted by molar-refractivity contribution is -0.141. The molecule has 6 heteroatoms. The number of aromatic nitrogens is 1. The maximum atomic E-state index is 12.1. The molecule has 14 heavy (non-hydrogen) atoms. The van der Waals surface area contributed by atoms with Crippen LogP contribution in [0.3, 0.4) is 0 Å². The highest BCUT2D eigenvalue weighted by Gasteiger charge is 2.33. The van der Waals surface area contributed by atoms with Gasteiger partial charge in [0.15, 0.2) is 0 Å². The van der Waals surface area contributed by atoms with Crippen LogP contribution in [0.25, 0.3) is 0 Å². The largest absolute Gasteiger partial charge is 0.495 e. The molecule has 3 nitrogen and oxygen atoms in total. The number of nitriles is 1. The normalized spacial score (nSPS) is 10.8. The maximum Gasteiger partial charge on any atom is 0.433 e. The molecule has 74 valence electrons. The Bertz CT molecular complexity index is 381. The van der Waals surface area contributed by atoms with Crippen LogP contribution in [0.5, 0.6) is 5.75 Å². The molecular formula is C8H5F3N2O. The summed E-state index contributed by atoms with van der Waals surface area (Å²) in [5.41, 5.74) is -1.10. The Morgan fingerprint density at radius 1 is 1.50 bits per heavy atom. The van der Waals surface area contributed by atoms with E-state index in [4.69, 9.17) is 5.26 Å². The van der Waals surface area contributed by atoms with Crippen LogP contribution in [0.1, 0.15) is 11.3 Å². The summed E-state index contributed by atoms with van der Waals surface area (Å²) in [6.07, 6.45) is -3.69. The molecule has 1 aromatic heterocycles. The number of nitrogens with zero attached hydrogens (tertiary/aromatic N) is 2. The third kappa shape index (κ3) is 1.93. The standard InChI is InChI=1S/C8H5F3N2O/c1-14-6-2-7(8(9,10)11)13-4-5(6)3-12/h2,4H,1H3. The Labute approximate surface area is 77.7 Å². The first-order chi connectivity index (χ1) is 6.49. The van der Waals surface area contributed by atoms with Gasteiger partial charge in [-0.3, -0.25) is 4.98 Å². The molecule has 0 unspecified atom stereocenters. The first-order valence-electron chi connectivity index (χ1n) is 3.50. The van der Waals surface area contributed by atoms with Crippen LogP contribution in [0.15, 0.2) is 12.3 Å². The summed E-state index contributed by atoms with van der Waals surface area (Å²) in [6, 6.07) is 2.36. The third-order valence-corrected chi connectivity index (χ3v) is 1.50. The molecule has 0 atom stereocenters. The Hall–Kier alpha value is -1.77. The summed E-state index contributed by atoms with van der Waals surface area (Å²) in [7, 11) is 1.19. The van der Waals surface area contributed by atoms with Gasteiger partial charge in [0.25, 0.3) is 0 Å². The van der Waals surface area contributed by atoms with Crippen molar-refractivity contribution in [2.45, 2.75) is 6.18 Å². The van der Waals surface area contributed by atoms with Gasteiger partial charge in [-0.25, -0.2) is 0 Å². The Kier molecular flexibility index (Phi) is 2.60. The van der Waals surface area contributed by atoms with E-state index >= 15 is 0 Å². The molecule has 1 heterocycles. The topological polar surface area (TPSA) is 45.9 Å². The van der Waals surface area contributed by atoms with Crippen molar-refractivity contribution in [2.24, 2.45) is 0 Å². The highest BCUT2D eigenvalue weighted by atomic mass is 19.4. The molecule has 0 fully saturated rings. The lowest BCUT2D eigenvalue weighted by atomic mass is 10.2. The highest BCUT2D eigenvalue weighted by Crippen LogP contribution is 2.30. The molecular weight excluding hydrogens is 197 g/mol. The summed E-state index contributed by atoms with van der Waals surface area (Å²) >= 11 is 0. The van der Waals surface area contributed by atoms with Crippen molar-refractivity contribution >= 4 is 0 Å². The zero-order valence-electron chi connectivity index (χ0n) is 7.09. The number of rotatable bonds is 1. The molecule has 1 aromatic rings. The molecule has 0 bridgehead atoms. The van der Waals surface area contributed by atoms with Crippen molar-refractivity contribution in [3.05, 3.63) is 23.5 Å². The third-order valence-electron chi connectivity index (χ3n) is 1.50. The number of hydrogen-bond acceptors (Lipinski definition) is 3. The predicted octanol–water partition coefficient (Wildman–Crippen LogP) is 1.98. The molecule has 0 aliphatic carbocycles. The number of alkyl halides is 3. The maximum absolute atomic E-state index is 12.1. The van der Waals surface area contributed by atoms with Gasteiger partial charge in [-0.15, -0.1) is 0 Å². The lowest BCUT2D eigenvalue weighted by Crippen LogP contribution is -2.08. The first kappa shape index (κ1) is 10.3. The summed E-state index contributed by atoms with van der Waals surface area (Å²) in [4.78, 5) is 3.10. The van der Waals surface area contributed by atoms with Crippen LogP contribution in [0, 0.1) is 11.3 Å². The summed E-state index contributed by atoms with van der Waals surface area (Å²) in [6.45, 7) is 0. The van der Waals surface area contributed by atoms with Gasteiger partial charge >= 0.3 is 6.18 Å². The van der Waals surface area contributed by atoms with Crippen molar-refractivity contribution in [1.82, 2.24) is 4.98 Å². The van der Waals surface area contributed by atoms with E-state index in [1.807, 2.05) is 0 Å². The summed E-state index contributed by atoms with van der Waals surface area (Å²) < 4.78 is 41.0. The fraction of sp³-hybridized carbons (Fsp3) is 0.250. The highest BCUT2D eigenvalue weighted by molar-refractivity contribution is 5.42. The van der Waals surface area contributed by atoms with Gasteiger partial charge in [0, 0.05) is 12.3 Å². The molecule has 0 spiro atoms. The van der Waals surface area contributed by atoms with E-state index < -0.39 is 11.9 Å². The van der Waals surface area contributed by atoms with Gasteiger partial charge in [-0.1, -0.05) is 0 Å². The molecule has 0 aliphatic heterocycles. The zero-order chi connectivity index (χ0) is 10.8. The lowest BCUT2D eigenvalue weighted by Gasteiger charge is -2.07. The van der Waals surface area contributed by atoms with E-state index in [9.17, 15) is 13.2 Å². The van der Waals surface area contributed by atoms with Gasteiger partial charge in [0.05, 0.1) is 7.11 Å². The predicted molar refractivity (Wildman–Crippen MR) is 40.5 cm³/mol. The van der Waals surface area contributed by atoms with Gasteiger partial charge in [-0.05, 0) is 0 Å². The van der Waals surface area contributed by atoms with Crippen molar-refractivity contribution < 1.29 is 17.9 Å².